The summed E-state index contributed by atoms with van der Waals surface area (Å²) in [6, 6.07) is 18.2. The Balaban J connectivity index is 2.26. The van der Waals surface area contributed by atoms with E-state index in [1.165, 1.54) is 0 Å². The third-order valence-corrected chi connectivity index (χ3v) is 3.65. The highest BCUT2D eigenvalue weighted by molar-refractivity contribution is 5.86. The van der Waals surface area contributed by atoms with Gasteiger partial charge in [-0.05, 0) is 35.7 Å². The summed E-state index contributed by atoms with van der Waals surface area (Å²) < 4.78 is 0. The summed E-state index contributed by atoms with van der Waals surface area (Å²) in [5, 5.41) is 10.4. The molecule has 3 aromatic rings. The fraction of sp³-hybridized carbons (Fsp3) is 0.111. The first-order valence-corrected chi connectivity index (χ1v) is 6.83. The first-order chi connectivity index (χ1) is 10.2. The van der Waals surface area contributed by atoms with Crippen molar-refractivity contribution in [3.63, 3.8) is 0 Å². The van der Waals surface area contributed by atoms with E-state index in [1.54, 1.807) is 0 Å². The van der Waals surface area contributed by atoms with Crippen LogP contribution in [0.5, 0.6) is 0 Å². The molecular weight excluding hydrogens is 258 g/mol. The van der Waals surface area contributed by atoms with Gasteiger partial charge >= 0.3 is 0 Å². The number of aromatic nitrogens is 1. The van der Waals surface area contributed by atoms with E-state index in [2.05, 4.69) is 17.1 Å². The average Bonchev–Trinajstić information content (AvgIpc) is 2.53. The fourth-order valence-electron chi connectivity index (χ4n) is 2.56. The predicted octanol–water partition coefficient (Wildman–Crippen LogP) is 3.54. The van der Waals surface area contributed by atoms with Gasteiger partial charge in [0.15, 0.2) is 0 Å². The molecule has 0 atom stereocenters. The predicted molar refractivity (Wildman–Crippen MR) is 84.5 cm³/mol. The maximum absolute atomic E-state index is 9.40. The molecule has 3 heteroatoms. The number of pyridine rings is 1. The molecule has 1 heterocycles. The molecular formula is C18H15N3. The van der Waals surface area contributed by atoms with E-state index >= 15 is 0 Å². The largest absolute Gasteiger partial charge is 0.326 e. The van der Waals surface area contributed by atoms with Crippen LogP contribution in [0.25, 0.3) is 22.0 Å². The third-order valence-electron chi connectivity index (χ3n) is 3.65. The van der Waals surface area contributed by atoms with E-state index in [-0.39, 0.29) is 0 Å². The molecule has 0 bridgehead atoms. The summed E-state index contributed by atoms with van der Waals surface area (Å²) in [6.45, 7) is 2.55. The summed E-state index contributed by atoms with van der Waals surface area (Å²) >= 11 is 0. The van der Waals surface area contributed by atoms with Gasteiger partial charge in [0.25, 0.3) is 0 Å². The van der Waals surface area contributed by atoms with Crippen molar-refractivity contribution in [2.45, 2.75) is 13.5 Å². The zero-order valence-electron chi connectivity index (χ0n) is 11.8. The van der Waals surface area contributed by atoms with Gasteiger partial charge < -0.3 is 5.73 Å². The zero-order chi connectivity index (χ0) is 14.8. The highest BCUT2D eigenvalue weighted by Crippen LogP contribution is 2.29. The van der Waals surface area contributed by atoms with Crippen molar-refractivity contribution in [2.75, 3.05) is 0 Å². The molecule has 3 rings (SSSR count). The monoisotopic (exact) mass is 273 g/mol. The summed E-state index contributed by atoms with van der Waals surface area (Å²) in [5.74, 6) is 0. The Morgan fingerprint density at radius 2 is 1.90 bits per heavy atom. The summed E-state index contributed by atoms with van der Waals surface area (Å²) in [5.41, 5.74) is 11.1. The normalized spacial score (nSPS) is 10.5. The minimum Gasteiger partial charge on any atom is -0.326 e. The van der Waals surface area contributed by atoms with Crippen LogP contribution < -0.4 is 5.73 Å². The quantitative estimate of drug-likeness (QED) is 0.776. The molecule has 2 N–H and O–H groups in total. The van der Waals surface area contributed by atoms with Crippen molar-refractivity contribution in [3.05, 3.63) is 65.4 Å². The highest BCUT2D eigenvalue weighted by Gasteiger charge is 2.11. The second-order valence-electron chi connectivity index (χ2n) is 5.04. The molecule has 0 radical (unpaired) electrons. The second-order valence-corrected chi connectivity index (χ2v) is 5.04. The Kier molecular flexibility index (Phi) is 3.39. The molecule has 2 aromatic carbocycles. The average molecular weight is 273 g/mol. The lowest BCUT2D eigenvalue weighted by Crippen LogP contribution is -1.98. The van der Waals surface area contributed by atoms with E-state index in [9.17, 15) is 5.26 Å². The smallest absolute Gasteiger partial charge is 0.149 e. The molecule has 0 fully saturated rings. The van der Waals surface area contributed by atoms with Crippen molar-refractivity contribution in [2.24, 2.45) is 5.73 Å². The van der Waals surface area contributed by atoms with Crippen LogP contribution in [0, 0.1) is 18.3 Å². The van der Waals surface area contributed by atoms with Crippen LogP contribution in [0.15, 0.2) is 48.5 Å². The molecule has 21 heavy (non-hydrogen) atoms. The SMILES string of the molecule is Cc1cc(CN)ccc1-c1cc2ccccc2nc1C#N. The van der Waals surface area contributed by atoms with Gasteiger partial charge in [-0.1, -0.05) is 36.4 Å². The summed E-state index contributed by atoms with van der Waals surface area (Å²) in [6.07, 6.45) is 0. The minimum atomic E-state index is 0.456. The summed E-state index contributed by atoms with van der Waals surface area (Å²) in [4.78, 5) is 4.47. The number of para-hydroxylation sites is 1. The second kappa shape index (κ2) is 5.35. The number of nitrogens with zero attached hydrogens (tertiary/aromatic N) is 2. The molecule has 3 nitrogen and oxygen atoms in total. The Hall–Kier alpha value is -2.70. The zero-order valence-corrected chi connectivity index (χ0v) is 11.8. The number of fused-ring (bicyclic) bond motifs is 1. The lowest BCUT2D eigenvalue weighted by molar-refractivity contribution is 1.07. The van der Waals surface area contributed by atoms with Gasteiger partial charge in [0.05, 0.1) is 5.52 Å². The Bertz CT molecular complexity index is 860. The van der Waals surface area contributed by atoms with E-state index in [0.29, 0.717) is 12.2 Å². The van der Waals surface area contributed by atoms with Gasteiger partial charge in [0.2, 0.25) is 0 Å². The topological polar surface area (TPSA) is 62.7 Å². The van der Waals surface area contributed by atoms with Gasteiger partial charge in [-0.2, -0.15) is 5.26 Å². The van der Waals surface area contributed by atoms with Crippen molar-refractivity contribution in [3.8, 4) is 17.2 Å². The van der Waals surface area contributed by atoms with Crippen LogP contribution in [0.1, 0.15) is 16.8 Å². The van der Waals surface area contributed by atoms with Gasteiger partial charge in [-0.25, -0.2) is 4.98 Å². The standard InChI is InChI=1S/C18H15N3/c1-12-8-13(10-19)6-7-15(12)16-9-14-4-2-3-5-17(14)21-18(16)11-20/h2-9H,10,19H2,1H3. The first-order valence-electron chi connectivity index (χ1n) is 6.83. The number of benzene rings is 2. The van der Waals surface area contributed by atoms with Gasteiger partial charge in [0.1, 0.15) is 11.8 Å². The van der Waals surface area contributed by atoms with Crippen molar-refractivity contribution < 1.29 is 0 Å². The van der Waals surface area contributed by atoms with Crippen LogP contribution >= 0.6 is 0 Å². The Morgan fingerprint density at radius 1 is 1.10 bits per heavy atom. The Morgan fingerprint density at radius 3 is 2.62 bits per heavy atom. The Labute approximate surface area is 123 Å². The van der Waals surface area contributed by atoms with Crippen LogP contribution in [0.4, 0.5) is 0 Å². The first kappa shape index (κ1) is 13.3. The van der Waals surface area contributed by atoms with E-state index < -0.39 is 0 Å². The lowest BCUT2D eigenvalue weighted by Gasteiger charge is -2.10. The number of aryl methyl sites for hydroxylation is 1. The maximum Gasteiger partial charge on any atom is 0.149 e. The highest BCUT2D eigenvalue weighted by atomic mass is 14.7. The minimum absolute atomic E-state index is 0.456. The molecule has 0 unspecified atom stereocenters. The number of hydrogen-bond donors (Lipinski definition) is 1. The van der Waals surface area contributed by atoms with Gasteiger partial charge in [0, 0.05) is 17.5 Å². The van der Waals surface area contributed by atoms with Crippen molar-refractivity contribution >= 4 is 10.9 Å². The van der Waals surface area contributed by atoms with Crippen LogP contribution in [0.3, 0.4) is 0 Å². The van der Waals surface area contributed by atoms with Crippen LogP contribution in [-0.2, 0) is 6.54 Å². The van der Waals surface area contributed by atoms with E-state index in [4.69, 9.17) is 5.73 Å². The number of nitrogens with two attached hydrogens (primary N) is 1. The number of nitriles is 1. The molecule has 0 aliphatic heterocycles. The van der Waals surface area contributed by atoms with Gasteiger partial charge in [-0.3, -0.25) is 0 Å². The van der Waals surface area contributed by atoms with Gasteiger partial charge in [-0.15, -0.1) is 0 Å². The third kappa shape index (κ3) is 2.37. The molecule has 0 aliphatic rings. The molecule has 0 saturated heterocycles. The molecule has 0 aliphatic carbocycles. The van der Waals surface area contributed by atoms with Crippen LogP contribution in [-0.4, -0.2) is 4.98 Å². The molecule has 0 saturated carbocycles. The fourth-order valence-corrected chi connectivity index (χ4v) is 2.56. The molecule has 1 aromatic heterocycles. The van der Waals surface area contributed by atoms with Crippen molar-refractivity contribution in [1.82, 2.24) is 4.98 Å². The van der Waals surface area contributed by atoms with E-state index in [1.807, 2.05) is 49.4 Å². The number of rotatable bonds is 2. The molecule has 0 amide bonds. The van der Waals surface area contributed by atoms with Crippen molar-refractivity contribution in [1.29, 1.82) is 5.26 Å². The van der Waals surface area contributed by atoms with E-state index in [0.717, 1.165) is 33.2 Å². The summed E-state index contributed by atoms with van der Waals surface area (Å²) in [7, 11) is 0. The molecule has 102 valence electrons. The van der Waals surface area contributed by atoms with Crippen LogP contribution in [0.2, 0.25) is 0 Å². The maximum atomic E-state index is 9.40. The lowest BCUT2D eigenvalue weighted by atomic mass is 9.96. The number of hydrogen-bond acceptors (Lipinski definition) is 3. The molecule has 0 spiro atoms.